The second-order valence-electron chi connectivity index (χ2n) is 4.73. The number of nitrogens with zero attached hydrogens (tertiary/aromatic N) is 2. The molecule has 0 aliphatic rings. The Labute approximate surface area is 131 Å². The average Bonchev–Trinajstić information content (AvgIpc) is 3.01. The molecule has 2 aromatic carbocycles. The second-order valence-corrected chi connectivity index (χ2v) is 6.50. The van der Waals surface area contributed by atoms with E-state index in [-0.39, 0.29) is 17.1 Å². The largest absolute Gasteiger partial charge is 0.443 e. The molecular weight excluding hydrogens is 322 g/mol. The Bertz CT molecular complexity index is 981. The third kappa shape index (κ3) is 3.20. The zero-order chi connectivity index (χ0) is 16.4. The highest BCUT2D eigenvalue weighted by Gasteiger charge is 2.17. The molecule has 0 atom stereocenters. The molecule has 0 saturated carbocycles. The number of oxazole rings is 1. The summed E-state index contributed by atoms with van der Waals surface area (Å²) in [7, 11) is -3.86. The minimum Gasteiger partial charge on any atom is -0.443 e. The third-order valence-corrected chi connectivity index (χ3v) is 4.60. The van der Waals surface area contributed by atoms with Crippen LogP contribution in [0.1, 0.15) is 5.56 Å². The van der Waals surface area contributed by atoms with Gasteiger partial charge in [-0.05, 0) is 23.8 Å². The molecule has 9 heteroatoms. The number of aromatic nitrogens is 1. The molecule has 8 nitrogen and oxygen atoms in total. The maximum Gasteiger partial charge on any atom is 0.270 e. The fourth-order valence-electron chi connectivity index (χ4n) is 2.04. The SMILES string of the molecule is O=[N+]([O-])c1cccc(S(=O)(=O)NCc2ccc3ncoc3c2)c1. The molecule has 0 fully saturated rings. The minimum atomic E-state index is -3.86. The lowest BCUT2D eigenvalue weighted by atomic mass is 10.2. The van der Waals surface area contributed by atoms with Crippen molar-refractivity contribution in [2.45, 2.75) is 11.4 Å². The molecule has 0 bridgehead atoms. The number of nitro benzene ring substituents is 1. The Morgan fingerprint density at radius 2 is 2.04 bits per heavy atom. The standard InChI is InChI=1S/C14H11N3O5S/c18-17(19)11-2-1-3-12(7-11)23(20,21)16-8-10-4-5-13-14(6-10)22-9-15-13/h1-7,9,16H,8H2. The molecule has 3 aromatic rings. The number of hydrogen-bond acceptors (Lipinski definition) is 6. The first kappa shape index (κ1) is 15.1. The van der Waals surface area contributed by atoms with E-state index in [1.165, 1.54) is 24.6 Å². The lowest BCUT2D eigenvalue weighted by molar-refractivity contribution is -0.385. The van der Waals surface area contributed by atoms with Crippen molar-refractivity contribution < 1.29 is 17.8 Å². The highest BCUT2D eigenvalue weighted by atomic mass is 32.2. The fourth-order valence-corrected chi connectivity index (χ4v) is 3.09. The van der Waals surface area contributed by atoms with Crippen LogP contribution in [-0.4, -0.2) is 18.3 Å². The van der Waals surface area contributed by atoms with Crippen molar-refractivity contribution in [2.24, 2.45) is 0 Å². The number of non-ortho nitro benzene ring substituents is 1. The quantitative estimate of drug-likeness (QED) is 0.565. The highest BCUT2D eigenvalue weighted by Crippen LogP contribution is 2.18. The Hall–Kier alpha value is -2.78. The number of rotatable bonds is 5. The van der Waals surface area contributed by atoms with Crippen molar-refractivity contribution in [3.63, 3.8) is 0 Å². The van der Waals surface area contributed by atoms with Gasteiger partial charge >= 0.3 is 0 Å². The van der Waals surface area contributed by atoms with Crippen molar-refractivity contribution in [3.8, 4) is 0 Å². The van der Waals surface area contributed by atoms with E-state index in [1.807, 2.05) is 0 Å². The zero-order valence-electron chi connectivity index (χ0n) is 11.7. The molecular formula is C14H11N3O5S. The van der Waals surface area contributed by atoms with Crippen LogP contribution in [0.5, 0.6) is 0 Å². The smallest absolute Gasteiger partial charge is 0.270 e. The molecule has 118 valence electrons. The Morgan fingerprint density at radius 3 is 2.83 bits per heavy atom. The first-order chi connectivity index (χ1) is 11.0. The monoisotopic (exact) mass is 333 g/mol. The van der Waals surface area contributed by atoms with E-state index < -0.39 is 14.9 Å². The van der Waals surface area contributed by atoms with Gasteiger partial charge < -0.3 is 4.42 Å². The third-order valence-electron chi connectivity index (χ3n) is 3.20. The van der Waals surface area contributed by atoms with Crippen molar-refractivity contribution in [3.05, 3.63) is 64.5 Å². The summed E-state index contributed by atoms with van der Waals surface area (Å²) in [4.78, 5) is 13.9. The van der Waals surface area contributed by atoms with E-state index in [2.05, 4.69) is 9.71 Å². The van der Waals surface area contributed by atoms with Gasteiger partial charge in [-0.3, -0.25) is 10.1 Å². The van der Waals surface area contributed by atoms with Gasteiger partial charge in [0, 0.05) is 18.7 Å². The molecule has 0 aliphatic heterocycles. The van der Waals surface area contributed by atoms with Crippen LogP contribution in [0, 0.1) is 10.1 Å². The number of hydrogen-bond donors (Lipinski definition) is 1. The number of sulfonamides is 1. The van der Waals surface area contributed by atoms with Crippen LogP contribution in [0.15, 0.2) is 58.2 Å². The molecule has 3 rings (SSSR count). The molecule has 0 aliphatic carbocycles. The lowest BCUT2D eigenvalue weighted by Gasteiger charge is -2.06. The highest BCUT2D eigenvalue weighted by molar-refractivity contribution is 7.89. The maximum atomic E-state index is 12.2. The van der Waals surface area contributed by atoms with Gasteiger partial charge in [0.05, 0.1) is 9.82 Å². The number of nitro groups is 1. The van der Waals surface area contributed by atoms with Gasteiger partial charge in [-0.15, -0.1) is 0 Å². The first-order valence-electron chi connectivity index (χ1n) is 6.52. The van der Waals surface area contributed by atoms with Crippen molar-refractivity contribution in [1.29, 1.82) is 0 Å². The van der Waals surface area contributed by atoms with Crippen LogP contribution in [0.4, 0.5) is 5.69 Å². The van der Waals surface area contributed by atoms with Gasteiger partial charge in [0.2, 0.25) is 10.0 Å². The van der Waals surface area contributed by atoms with E-state index in [9.17, 15) is 18.5 Å². The Kier molecular flexibility index (Phi) is 3.80. The maximum absolute atomic E-state index is 12.2. The van der Waals surface area contributed by atoms with Gasteiger partial charge in [0.1, 0.15) is 5.52 Å². The van der Waals surface area contributed by atoms with Crippen molar-refractivity contribution in [2.75, 3.05) is 0 Å². The van der Waals surface area contributed by atoms with Crippen LogP contribution < -0.4 is 4.72 Å². The molecule has 0 saturated heterocycles. The van der Waals surface area contributed by atoms with Crippen molar-refractivity contribution in [1.82, 2.24) is 9.71 Å². The van der Waals surface area contributed by atoms with Gasteiger partial charge in [-0.25, -0.2) is 18.1 Å². The van der Waals surface area contributed by atoms with Gasteiger partial charge in [0.15, 0.2) is 12.0 Å². The predicted molar refractivity (Wildman–Crippen MR) is 81.1 cm³/mol. The minimum absolute atomic E-state index is 0.0294. The molecule has 1 heterocycles. The van der Waals surface area contributed by atoms with E-state index >= 15 is 0 Å². The summed E-state index contributed by atoms with van der Waals surface area (Å²) in [6.07, 6.45) is 1.31. The van der Waals surface area contributed by atoms with Crippen LogP contribution in [-0.2, 0) is 16.6 Å². The lowest BCUT2D eigenvalue weighted by Crippen LogP contribution is -2.23. The Balaban J connectivity index is 1.80. The molecule has 0 amide bonds. The van der Waals surface area contributed by atoms with Crippen LogP contribution in [0.25, 0.3) is 11.1 Å². The summed E-state index contributed by atoms with van der Waals surface area (Å²) < 4.78 is 32.0. The first-order valence-corrected chi connectivity index (χ1v) is 8.00. The summed E-state index contributed by atoms with van der Waals surface area (Å²) >= 11 is 0. The van der Waals surface area contributed by atoms with Crippen LogP contribution >= 0.6 is 0 Å². The van der Waals surface area contributed by atoms with Gasteiger partial charge in [0.25, 0.3) is 5.69 Å². The number of benzene rings is 2. The summed E-state index contributed by atoms with van der Waals surface area (Å²) in [5.74, 6) is 0. The zero-order valence-corrected chi connectivity index (χ0v) is 12.5. The van der Waals surface area contributed by atoms with E-state index in [0.717, 1.165) is 6.07 Å². The number of fused-ring (bicyclic) bond motifs is 1. The van der Waals surface area contributed by atoms with Gasteiger partial charge in [-0.1, -0.05) is 12.1 Å². The average molecular weight is 333 g/mol. The van der Waals surface area contributed by atoms with E-state index in [0.29, 0.717) is 16.7 Å². The Morgan fingerprint density at radius 1 is 1.22 bits per heavy atom. The van der Waals surface area contributed by atoms with E-state index in [1.54, 1.807) is 18.2 Å². The molecule has 1 aromatic heterocycles. The van der Waals surface area contributed by atoms with Gasteiger partial charge in [-0.2, -0.15) is 0 Å². The molecule has 0 radical (unpaired) electrons. The van der Waals surface area contributed by atoms with Crippen molar-refractivity contribution >= 4 is 26.8 Å². The molecule has 0 unspecified atom stereocenters. The molecule has 1 N–H and O–H groups in total. The predicted octanol–water partition coefficient (Wildman–Crippen LogP) is 2.21. The molecule has 0 spiro atoms. The number of nitrogens with one attached hydrogen (secondary N) is 1. The second kappa shape index (κ2) is 5.78. The summed E-state index contributed by atoms with van der Waals surface area (Å²) in [5.41, 5.74) is 1.63. The van der Waals surface area contributed by atoms with Crippen LogP contribution in [0.3, 0.4) is 0 Å². The van der Waals surface area contributed by atoms with Crippen LogP contribution in [0.2, 0.25) is 0 Å². The normalized spacial score (nSPS) is 11.7. The summed E-state index contributed by atoms with van der Waals surface area (Å²) in [6, 6.07) is 10.00. The fraction of sp³-hybridized carbons (Fsp3) is 0.0714. The van der Waals surface area contributed by atoms with E-state index in [4.69, 9.17) is 4.42 Å². The topological polar surface area (TPSA) is 115 Å². The molecule has 23 heavy (non-hydrogen) atoms. The summed E-state index contributed by atoms with van der Waals surface area (Å²) in [5, 5.41) is 10.7. The summed E-state index contributed by atoms with van der Waals surface area (Å²) in [6.45, 7) is 0.0294.